The highest BCUT2D eigenvalue weighted by atomic mass is 16.5. The Hall–Kier alpha value is -2.30. The molecule has 1 aromatic carbocycles. The molecule has 1 N–H and O–H groups in total. The second-order valence-electron chi connectivity index (χ2n) is 5.29. The molecule has 1 aliphatic heterocycles. The van der Waals surface area contributed by atoms with E-state index < -0.39 is 0 Å². The summed E-state index contributed by atoms with van der Waals surface area (Å²) in [4.78, 5) is 14.4. The number of amides is 1. The van der Waals surface area contributed by atoms with Gasteiger partial charge in [-0.05, 0) is 31.0 Å². The number of ether oxygens (including phenoxy) is 1. The minimum atomic E-state index is -0.0582. The lowest BCUT2D eigenvalue weighted by Gasteiger charge is -2.25. The fraction of sp³-hybridized carbons (Fsp3) is 0.375. The molecule has 0 radical (unpaired) electrons. The largest absolute Gasteiger partial charge is 0.497 e. The lowest BCUT2D eigenvalue weighted by molar-refractivity contribution is 0.0743. The van der Waals surface area contributed by atoms with Crippen molar-refractivity contribution < 1.29 is 9.53 Å². The van der Waals surface area contributed by atoms with Gasteiger partial charge in [0.15, 0.2) is 5.69 Å². The van der Waals surface area contributed by atoms with Crippen LogP contribution >= 0.6 is 0 Å². The molecule has 3 rings (SSSR count). The number of carbonyl (C=O) groups excluding carboxylic acids is 1. The Kier molecular flexibility index (Phi) is 3.41. The molecular weight excluding hydrogens is 266 g/mol. The van der Waals surface area contributed by atoms with Crippen LogP contribution < -0.4 is 4.74 Å². The number of rotatable bonds is 4. The van der Waals surface area contributed by atoms with Crippen LogP contribution in [-0.4, -0.2) is 34.7 Å². The SMILES string of the molecule is CCCN1C(=O)c2n[nH]c(C)c2C1c1ccc(OC)cc1. The van der Waals surface area contributed by atoms with Crippen molar-refractivity contribution in [1.82, 2.24) is 15.1 Å². The van der Waals surface area contributed by atoms with Crippen molar-refractivity contribution in [3.05, 3.63) is 46.8 Å². The molecule has 2 aromatic rings. The molecule has 0 saturated carbocycles. The van der Waals surface area contributed by atoms with E-state index in [1.165, 1.54) is 0 Å². The molecule has 2 heterocycles. The first-order valence-corrected chi connectivity index (χ1v) is 7.17. The number of hydrogen-bond donors (Lipinski definition) is 1. The van der Waals surface area contributed by atoms with E-state index in [1.807, 2.05) is 36.1 Å². The first-order chi connectivity index (χ1) is 10.2. The van der Waals surface area contributed by atoms with E-state index in [-0.39, 0.29) is 11.9 Å². The molecule has 110 valence electrons. The molecule has 0 aliphatic carbocycles. The summed E-state index contributed by atoms with van der Waals surface area (Å²) in [5.74, 6) is 0.825. The summed E-state index contributed by atoms with van der Waals surface area (Å²) in [5, 5.41) is 7.11. The molecule has 0 spiro atoms. The number of aromatic amines is 1. The smallest absolute Gasteiger partial charge is 0.275 e. The highest BCUT2D eigenvalue weighted by Gasteiger charge is 2.40. The molecule has 5 heteroatoms. The Balaban J connectivity index is 2.07. The van der Waals surface area contributed by atoms with Crippen molar-refractivity contribution in [3.8, 4) is 5.75 Å². The minimum absolute atomic E-state index is 0.0111. The van der Waals surface area contributed by atoms with Crippen molar-refractivity contribution in [1.29, 1.82) is 0 Å². The Morgan fingerprint density at radius 1 is 1.33 bits per heavy atom. The van der Waals surface area contributed by atoms with Crippen LogP contribution in [0.3, 0.4) is 0 Å². The summed E-state index contributed by atoms with van der Waals surface area (Å²) in [7, 11) is 1.65. The topological polar surface area (TPSA) is 58.2 Å². The number of benzene rings is 1. The van der Waals surface area contributed by atoms with Crippen LogP contribution in [0.2, 0.25) is 0 Å². The zero-order valence-electron chi connectivity index (χ0n) is 12.5. The van der Waals surface area contributed by atoms with Crippen LogP contribution in [0, 0.1) is 6.92 Å². The van der Waals surface area contributed by atoms with E-state index >= 15 is 0 Å². The number of fused-ring (bicyclic) bond motifs is 1. The maximum absolute atomic E-state index is 12.5. The molecule has 1 atom stereocenters. The molecule has 1 aromatic heterocycles. The minimum Gasteiger partial charge on any atom is -0.497 e. The number of nitrogens with one attached hydrogen (secondary N) is 1. The standard InChI is InChI=1S/C16H19N3O2/c1-4-9-19-15(11-5-7-12(21-3)8-6-11)13-10(2)17-18-14(13)16(19)20/h5-8,15H,4,9H2,1-3H3,(H,17,18). The quantitative estimate of drug-likeness (QED) is 0.939. The number of carbonyl (C=O) groups is 1. The number of aryl methyl sites for hydroxylation is 1. The summed E-state index contributed by atoms with van der Waals surface area (Å²) < 4.78 is 5.21. The van der Waals surface area contributed by atoms with Crippen molar-refractivity contribution in [2.45, 2.75) is 26.3 Å². The van der Waals surface area contributed by atoms with Gasteiger partial charge in [0.2, 0.25) is 0 Å². The molecule has 1 unspecified atom stereocenters. The highest BCUT2D eigenvalue weighted by molar-refractivity contribution is 5.98. The van der Waals surface area contributed by atoms with Crippen molar-refractivity contribution in [2.24, 2.45) is 0 Å². The first kappa shape index (κ1) is 13.7. The van der Waals surface area contributed by atoms with Gasteiger partial charge in [-0.1, -0.05) is 19.1 Å². The molecule has 0 saturated heterocycles. The van der Waals surface area contributed by atoms with Gasteiger partial charge in [-0.25, -0.2) is 0 Å². The van der Waals surface area contributed by atoms with Gasteiger partial charge in [0.25, 0.3) is 5.91 Å². The second kappa shape index (κ2) is 5.24. The van der Waals surface area contributed by atoms with E-state index in [2.05, 4.69) is 17.1 Å². The first-order valence-electron chi connectivity index (χ1n) is 7.17. The lowest BCUT2D eigenvalue weighted by atomic mass is 9.99. The molecule has 0 fully saturated rings. The highest BCUT2D eigenvalue weighted by Crippen LogP contribution is 2.39. The monoisotopic (exact) mass is 285 g/mol. The fourth-order valence-electron chi connectivity index (χ4n) is 2.95. The summed E-state index contributed by atoms with van der Waals surface area (Å²) in [6.45, 7) is 4.77. The maximum atomic E-state index is 12.5. The zero-order chi connectivity index (χ0) is 15.0. The Morgan fingerprint density at radius 2 is 2.05 bits per heavy atom. The van der Waals surface area contributed by atoms with Gasteiger partial charge in [-0.3, -0.25) is 9.89 Å². The number of H-pyrrole nitrogens is 1. The zero-order valence-corrected chi connectivity index (χ0v) is 12.5. The van der Waals surface area contributed by atoms with Gasteiger partial charge in [0, 0.05) is 17.8 Å². The third kappa shape index (κ3) is 2.09. The van der Waals surface area contributed by atoms with Gasteiger partial charge in [-0.2, -0.15) is 5.10 Å². The molecule has 21 heavy (non-hydrogen) atoms. The molecule has 1 aliphatic rings. The third-order valence-electron chi connectivity index (χ3n) is 3.94. The van der Waals surface area contributed by atoms with Crippen molar-refractivity contribution in [2.75, 3.05) is 13.7 Å². The number of hydrogen-bond acceptors (Lipinski definition) is 3. The van der Waals surface area contributed by atoms with Gasteiger partial charge >= 0.3 is 0 Å². The summed E-state index contributed by atoms with van der Waals surface area (Å²) in [5.41, 5.74) is 3.60. The molecular formula is C16H19N3O2. The van der Waals surface area contributed by atoms with Crippen LogP contribution in [-0.2, 0) is 0 Å². The van der Waals surface area contributed by atoms with E-state index in [0.29, 0.717) is 5.69 Å². The molecule has 0 bridgehead atoms. The van der Waals surface area contributed by atoms with Crippen LogP contribution in [0.15, 0.2) is 24.3 Å². The van der Waals surface area contributed by atoms with Crippen LogP contribution in [0.1, 0.15) is 46.7 Å². The van der Waals surface area contributed by atoms with E-state index in [9.17, 15) is 4.79 Å². The summed E-state index contributed by atoms with van der Waals surface area (Å²) in [6.07, 6.45) is 0.922. The van der Waals surface area contributed by atoms with Gasteiger partial charge in [-0.15, -0.1) is 0 Å². The van der Waals surface area contributed by atoms with Crippen molar-refractivity contribution >= 4 is 5.91 Å². The normalized spacial score (nSPS) is 17.2. The lowest BCUT2D eigenvalue weighted by Crippen LogP contribution is -2.30. The van der Waals surface area contributed by atoms with Gasteiger partial charge in [0.05, 0.1) is 13.2 Å². The summed E-state index contributed by atoms with van der Waals surface area (Å²) >= 11 is 0. The molecule has 5 nitrogen and oxygen atoms in total. The number of methoxy groups -OCH3 is 1. The van der Waals surface area contributed by atoms with E-state index in [0.717, 1.165) is 35.5 Å². The van der Waals surface area contributed by atoms with E-state index in [1.54, 1.807) is 7.11 Å². The summed E-state index contributed by atoms with van der Waals surface area (Å²) in [6, 6.07) is 7.83. The fourth-order valence-corrected chi connectivity index (χ4v) is 2.95. The predicted molar refractivity (Wildman–Crippen MR) is 79.5 cm³/mol. The average Bonchev–Trinajstić information content (AvgIpc) is 3.00. The van der Waals surface area contributed by atoms with Crippen LogP contribution in [0.5, 0.6) is 5.75 Å². The Bertz CT molecular complexity index is 661. The third-order valence-corrected chi connectivity index (χ3v) is 3.94. The Morgan fingerprint density at radius 3 is 2.67 bits per heavy atom. The van der Waals surface area contributed by atoms with E-state index in [4.69, 9.17) is 4.74 Å². The average molecular weight is 285 g/mol. The second-order valence-corrected chi connectivity index (χ2v) is 5.29. The van der Waals surface area contributed by atoms with Gasteiger partial charge < -0.3 is 9.64 Å². The number of nitrogens with zero attached hydrogens (tertiary/aromatic N) is 2. The van der Waals surface area contributed by atoms with Crippen LogP contribution in [0.25, 0.3) is 0 Å². The number of aromatic nitrogens is 2. The van der Waals surface area contributed by atoms with Gasteiger partial charge in [0.1, 0.15) is 5.75 Å². The van der Waals surface area contributed by atoms with Crippen molar-refractivity contribution in [3.63, 3.8) is 0 Å². The van der Waals surface area contributed by atoms with Crippen LogP contribution in [0.4, 0.5) is 0 Å². The Labute approximate surface area is 123 Å². The predicted octanol–water partition coefficient (Wildman–Crippen LogP) is 2.68. The molecule has 1 amide bonds. The maximum Gasteiger partial charge on any atom is 0.275 e.